The van der Waals surface area contributed by atoms with Gasteiger partial charge in [-0.05, 0) is 24.3 Å². The zero-order chi connectivity index (χ0) is 22.2. The third-order valence-electron chi connectivity index (χ3n) is 4.19. The van der Waals surface area contributed by atoms with Crippen molar-refractivity contribution in [1.29, 1.82) is 0 Å². The molecule has 0 unspecified atom stereocenters. The fourth-order valence-electron chi connectivity index (χ4n) is 2.75. The van der Waals surface area contributed by atoms with Crippen LogP contribution < -0.4 is 25.4 Å². The van der Waals surface area contributed by atoms with E-state index in [0.29, 0.717) is 27.2 Å². The van der Waals surface area contributed by atoms with Gasteiger partial charge in [0.25, 0.3) is 5.91 Å². The van der Waals surface area contributed by atoms with E-state index in [2.05, 4.69) is 20.9 Å². The summed E-state index contributed by atoms with van der Waals surface area (Å²) < 4.78 is 10.6. The third kappa shape index (κ3) is 6.09. The molecule has 1 heterocycles. The van der Waals surface area contributed by atoms with Crippen molar-refractivity contribution in [3.63, 3.8) is 0 Å². The summed E-state index contributed by atoms with van der Waals surface area (Å²) in [7, 11) is 3.10. The van der Waals surface area contributed by atoms with Crippen LogP contribution in [0.15, 0.2) is 47.8 Å². The molecule has 8 nitrogen and oxygen atoms in total. The van der Waals surface area contributed by atoms with Crippen molar-refractivity contribution in [3.8, 4) is 11.5 Å². The molecule has 0 aliphatic carbocycles. The second-order valence-corrected chi connectivity index (χ2v) is 7.66. The minimum absolute atomic E-state index is 0.189. The van der Waals surface area contributed by atoms with Crippen molar-refractivity contribution in [2.75, 3.05) is 19.5 Å². The van der Waals surface area contributed by atoms with Crippen LogP contribution in [0.1, 0.15) is 21.1 Å². The van der Waals surface area contributed by atoms with E-state index in [9.17, 15) is 9.59 Å². The van der Waals surface area contributed by atoms with Gasteiger partial charge in [-0.3, -0.25) is 4.79 Å². The number of urea groups is 1. The number of carbonyl (C=O) groups is 2. The van der Waals surface area contributed by atoms with E-state index in [1.165, 1.54) is 11.3 Å². The van der Waals surface area contributed by atoms with E-state index in [1.807, 2.05) is 12.1 Å². The average molecular weight is 461 g/mol. The van der Waals surface area contributed by atoms with Crippen molar-refractivity contribution >= 4 is 40.6 Å². The van der Waals surface area contributed by atoms with E-state index in [1.54, 1.807) is 49.9 Å². The fraction of sp³-hybridized carbons (Fsp3) is 0.190. The maximum atomic E-state index is 12.4. The molecular formula is C21H21ClN4O4S. The van der Waals surface area contributed by atoms with Crippen molar-refractivity contribution < 1.29 is 19.1 Å². The molecule has 162 valence electrons. The van der Waals surface area contributed by atoms with Gasteiger partial charge in [0.2, 0.25) is 0 Å². The van der Waals surface area contributed by atoms with Crippen molar-refractivity contribution in [2.45, 2.75) is 13.1 Å². The first-order valence-electron chi connectivity index (χ1n) is 9.23. The van der Waals surface area contributed by atoms with E-state index in [0.717, 1.165) is 5.56 Å². The number of halogens is 1. The van der Waals surface area contributed by atoms with Crippen LogP contribution in [-0.4, -0.2) is 31.1 Å². The van der Waals surface area contributed by atoms with Crippen molar-refractivity contribution in [3.05, 3.63) is 69.1 Å². The largest absolute Gasteiger partial charge is 0.493 e. The van der Waals surface area contributed by atoms with Gasteiger partial charge in [-0.25, -0.2) is 9.78 Å². The standard InChI is InChI=1S/C21H21ClN4O4S/c1-29-17-8-3-5-13(19(17)30-2)10-23-20(27)16-12-31-18(26-16)11-24-21(28)25-15-7-4-6-14(22)9-15/h3-9,12H,10-11H2,1-2H3,(H,23,27)(H2,24,25,28). The molecule has 31 heavy (non-hydrogen) atoms. The van der Waals surface area contributed by atoms with Crippen molar-refractivity contribution in [2.24, 2.45) is 0 Å². The molecule has 0 aliphatic heterocycles. The summed E-state index contributed by atoms with van der Waals surface area (Å²) in [4.78, 5) is 28.7. The second kappa shape index (κ2) is 10.6. The predicted octanol–water partition coefficient (Wildman–Crippen LogP) is 4.07. The van der Waals surface area contributed by atoms with Gasteiger partial charge >= 0.3 is 6.03 Å². The van der Waals surface area contributed by atoms with Crippen LogP contribution in [0.3, 0.4) is 0 Å². The summed E-state index contributed by atoms with van der Waals surface area (Å²) in [6.07, 6.45) is 0. The molecule has 0 aliphatic rings. The van der Waals surface area contributed by atoms with Gasteiger partial charge in [0.05, 0.1) is 20.8 Å². The molecular weight excluding hydrogens is 440 g/mol. The number of ether oxygens (including phenoxy) is 2. The van der Waals surface area contributed by atoms with Crippen LogP contribution in [-0.2, 0) is 13.1 Å². The molecule has 3 amide bonds. The molecule has 0 atom stereocenters. The smallest absolute Gasteiger partial charge is 0.319 e. The summed E-state index contributed by atoms with van der Waals surface area (Å²) in [6, 6.07) is 11.9. The Morgan fingerprint density at radius 3 is 2.61 bits per heavy atom. The first-order chi connectivity index (χ1) is 15.0. The summed E-state index contributed by atoms with van der Waals surface area (Å²) in [5, 5.41) is 11.0. The number of hydrogen-bond acceptors (Lipinski definition) is 6. The highest BCUT2D eigenvalue weighted by Crippen LogP contribution is 2.30. The van der Waals surface area contributed by atoms with Crippen LogP contribution in [0.25, 0.3) is 0 Å². The number of hydrogen-bond donors (Lipinski definition) is 3. The fourth-order valence-corrected chi connectivity index (χ4v) is 3.66. The molecule has 0 spiro atoms. The van der Waals surface area contributed by atoms with E-state index < -0.39 is 6.03 Å². The Balaban J connectivity index is 1.52. The van der Waals surface area contributed by atoms with E-state index >= 15 is 0 Å². The summed E-state index contributed by atoms with van der Waals surface area (Å²) in [6.45, 7) is 0.445. The predicted molar refractivity (Wildman–Crippen MR) is 120 cm³/mol. The van der Waals surface area contributed by atoms with Crippen LogP contribution in [0, 0.1) is 0 Å². The topological polar surface area (TPSA) is 102 Å². The lowest BCUT2D eigenvalue weighted by Gasteiger charge is -2.12. The molecule has 0 saturated heterocycles. The number of aromatic nitrogens is 1. The molecule has 0 fully saturated rings. The molecule has 3 aromatic rings. The van der Waals surface area contributed by atoms with Gasteiger partial charge in [0.1, 0.15) is 10.7 Å². The minimum atomic E-state index is -0.395. The molecule has 10 heteroatoms. The average Bonchev–Trinajstić information content (AvgIpc) is 3.25. The van der Waals surface area contributed by atoms with Crippen LogP contribution in [0.4, 0.5) is 10.5 Å². The molecule has 0 saturated carbocycles. The van der Waals surface area contributed by atoms with Crippen molar-refractivity contribution in [1.82, 2.24) is 15.6 Å². The number of thiazole rings is 1. The lowest BCUT2D eigenvalue weighted by Crippen LogP contribution is -2.28. The monoisotopic (exact) mass is 460 g/mol. The number of methoxy groups -OCH3 is 2. The van der Waals surface area contributed by atoms with Gasteiger partial charge in [-0.15, -0.1) is 11.3 Å². The molecule has 3 rings (SSSR count). The Kier molecular flexibility index (Phi) is 7.69. The van der Waals surface area contributed by atoms with Gasteiger partial charge in [0.15, 0.2) is 11.5 Å². The van der Waals surface area contributed by atoms with Crippen LogP contribution >= 0.6 is 22.9 Å². The quantitative estimate of drug-likeness (QED) is 0.470. The third-order valence-corrected chi connectivity index (χ3v) is 5.27. The Hall–Kier alpha value is -3.30. The number of amides is 3. The van der Waals surface area contributed by atoms with Crippen LogP contribution in [0.5, 0.6) is 11.5 Å². The Morgan fingerprint density at radius 1 is 1.06 bits per heavy atom. The Morgan fingerprint density at radius 2 is 1.87 bits per heavy atom. The summed E-state index contributed by atoms with van der Waals surface area (Å²) >= 11 is 7.18. The first kappa shape index (κ1) is 22.4. The Labute approximate surface area is 188 Å². The number of nitrogens with zero attached hydrogens (tertiary/aromatic N) is 1. The summed E-state index contributed by atoms with van der Waals surface area (Å²) in [5.41, 5.74) is 1.64. The molecule has 1 aromatic heterocycles. The van der Waals surface area contributed by atoms with E-state index in [-0.39, 0.29) is 24.7 Å². The zero-order valence-electron chi connectivity index (χ0n) is 16.9. The maximum absolute atomic E-state index is 12.4. The number of carbonyl (C=O) groups excluding carboxylic acids is 2. The summed E-state index contributed by atoms with van der Waals surface area (Å²) in [5.74, 6) is 0.835. The molecule has 0 bridgehead atoms. The second-order valence-electron chi connectivity index (χ2n) is 6.28. The highest BCUT2D eigenvalue weighted by molar-refractivity contribution is 7.09. The minimum Gasteiger partial charge on any atom is -0.493 e. The Bertz CT molecular complexity index is 1070. The highest BCUT2D eigenvalue weighted by atomic mass is 35.5. The lowest BCUT2D eigenvalue weighted by atomic mass is 10.2. The molecule has 3 N–H and O–H groups in total. The maximum Gasteiger partial charge on any atom is 0.319 e. The first-order valence-corrected chi connectivity index (χ1v) is 10.5. The van der Waals surface area contributed by atoms with Crippen LogP contribution in [0.2, 0.25) is 5.02 Å². The SMILES string of the molecule is COc1cccc(CNC(=O)c2csc(CNC(=O)Nc3cccc(Cl)c3)n2)c1OC. The van der Waals surface area contributed by atoms with Gasteiger partial charge in [-0.2, -0.15) is 0 Å². The normalized spacial score (nSPS) is 10.3. The molecule has 0 radical (unpaired) electrons. The molecule has 2 aromatic carbocycles. The number of para-hydroxylation sites is 1. The highest BCUT2D eigenvalue weighted by Gasteiger charge is 2.14. The number of benzene rings is 2. The van der Waals surface area contributed by atoms with Gasteiger partial charge < -0.3 is 25.4 Å². The zero-order valence-corrected chi connectivity index (χ0v) is 18.5. The number of anilines is 1. The van der Waals surface area contributed by atoms with Gasteiger partial charge in [-0.1, -0.05) is 29.8 Å². The number of nitrogens with one attached hydrogen (secondary N) is 3. The number of rotatable bonds is 8. The van der Waals surface area contributed by atoms with E-state index in [4.69, 9.17) is 21.1 Å². The lowest BCUT2D eigenvalue weighted by molar-refractivity contribution is 0.0946. The van der Waals surface area contributed by atoms with Gasteiger partial charge in [0, 0.05) is 28.2 Å².